The highest BCUT2D eigenvalue weighted by Crippen LogP contribution is 2.14. The van der Waals surface area contributed by atoms with E-state index in [0.717, 1.165) is 11.1 Å². The lowest BCUT2D eigenvalue weighted by Crippen LogP contribution is -2.62. The molecule has 2 unspecified atom stereocenters. The Balaban J connectivity index is 2.14. The molecule has 1 aromatic carbocycles. The van der Waals surface area contributed by atoms with Crippen LogP contribution in [0.2, 0.25) is 0 Å². The molecular weight excluding hydrogens is 264 g/mol. The highest BCUT2D eigenvalue weighted by Gasteiger charge is 2.37. The van der Waals surface area contributed by atoms with Crippen molar-refractivity contribution in [1.82, 2.24) is 10.2 Å². The molecule has 1 aromatic rings. The molecule has 0 aromatic heterocycles. The first-order valence-electron chi connectivity index (χ1n) is 7.27. The van der Waals surface area contributed by atoms with E-state index in [9.17, 15) is 9.59 Å². The molecule has 4 heteroatoms. The van der Waals surface area contributed by atoms with E-state index in [4.69, 9.17) is 0 Å². The number of allylic oxidation sites excluding steroid dienone is 1. The second-order valence-corrected chi connectivity index (χ2v) is 5.70. The Morgan fingerprint density at radius 3 is 2.52 bits per heavy atom. The second kappa shape index (κ2) is 6.57. The number of rotatable bonds is 4. The molecule has 2 atom stereocenters. The molecule has 0 saturated carbocycles. The Morgan fingerprint density at radius 2 is 1.90 bits per heavy atom. The minimum absolute atomic E-state index is 0.0107. The van der Waals surface area contributed by atoms with E-state index in [1.54, 1.807) is 11.8 Å². The fourth-order valence-electron chi connectivity index (χ4n) is 2.40. The van der Waals surface area contributed by atoms with E-state index in [0.29, 0.717) is 13.0 Å². The lowest BCUT2D eigenvalue weighted by Gasteiger charge is -2.37. The van der Waals surface area contributed by atoms with Gasteiger partial charge in [-0.1, -0.05) is 42.0 Å². The lowest BCUT2D eigenvalue weighted by molar-refractivity contribution is -0.147. The van der Waals surface area contributed by atoms with Gasteiger partial charge in [-0.25, -0.2) is 0 Å². The molecule has 2 amide bonds. The van der Waals surface area contributed by atoms with Crippen LogP contribution in [0.4, 0.5) is 0 Å². The molecule has 1 heterocycles. The van der Waals surface area contributed by atoms with Crippen LogP contribution in [0, 0.1) is 0 Å². The summed E-state index contributed by atoms with van der Waals surface area (Å²) in [4.78, 5) is 26.3. The summed E-state index contributed by atoms with van der Waals surface area (Å²) >= 11 is 0. The van der Waals surface area contributed by atoms with Gasteiger partial charge in [-0.15, -0.1) is 0 Å². The Bertz CT molecular complexity index is 547. The van der Waals surface area contributed by atoms with Crippen molar-refractivity contribution < 1.29 is 9.59 Å². The Kier molecular flexibility index (Phi) is 4.78. The zero-order valence-electron chi connectivity index (χ0n) is 12.8. The van der Waals surface area contributed by atoms with Gasteiger partial charge in [0.2, 0.25) is 11.8 Å². The second-order valence-electron chi connectivity index (χ2n) is 5.70. The molecule has 4 nitrogen and oxygen atoms in total. The van der Waals surface area contributed by atoms with Crippen LogP contribution in [-0.4, -0.2) is 35.3 Å². The summed E-state index contributed by atoms with van der Waals surface area (Å²) < 4.78 is 0. The van der Waals surface area contributed by atoms with Gasteiger partial charge in [-0.3, -0.25) is 9.59 Å². The van der Waals surface area contributed by atoms with Crippen LogP contribution in [0.3, 0.4) is 0 Å². The third-order valence-corrected chi connectivity index (χ3v) is 3.72. The van der Waals surface area contributed by atoms with Crippen LogP contribution in [-0.2, 0) is 16.0 Å². The number of piperazine rings is 1. The average molecular weight is 286 g/mol. The summed E-state index contributed by atoms with van der Waals surface area (Å²) in [5.74, 6) is -0.0962. The quantitative estimate of drug-likeness (QED) is 0.860. The van der Waals surface area contributed by atoms with Crippen LogP contribution >= 0.6 is 0 Å². The Labute approximate surface area is 125 Å². The lowest BCUT2D eigenvalue weighted by atomic mass is 10.0. The average Bonchev–Trinajstić information content (AvgIpc) is 2.45. The highest BCUT2D eigenvalue weighted by molar-refractivity contribution is 5.97. The molecule has 1 N–H and O–H groups in total. The zero-order valence-corrected chi connectivity index (χ0v) is 12.8. The minimum Gasteiger partial charge on any atom is -0.342 e. The van der Waals surface area contributed by atoms with E-state index < -0.39 is 12.1 Å². The largest absolute Gasteiger partial charge is 0.342 e. The maximum absolute atomic E-state index is 12.6. The maximum Gasteiger partial charge on any atom is 0.246 e. The van der Waals surface area contributed by atoms with Gasteiger partial charge < -0.3 is 10.2 Å². The van der Waals surface area contributed by atoms with E-state index in [1.807, 2.05) is 50.3 Å². The molecule has 2 rings (SSSR count). The van der Waals surface area contributed by atoms with Crippen LogP contribution < -0.4 is 5.32 Å². The normalized spacial score (nSPS) is 22.0. The molecule has 21 heavy (non-hydrogen) atoms. The standard InChI is InChI=1S/C17H22N2O2/c1-12(2)9-10-19-13(3)16(20)18-15(17(19)21)11-14-7-5-4-6-8-14/h4-9,13,15H,10-11H2,1-3H3,(H,18,20). The molecule has 0 bridgehead atoms. The van der Waals surface area contributed by atoms with Gasteiger partial charge in [-0.2, -0.15) is 0 Å². The number of hydrogen-bond acceptors (Lipinski definition) is 2. The minimum atomic E-state index is -0.471. The number of hydrogen-bond donors (Lipinski definition) is 1. The first-order valence-corrected chi connectivity index (χ1v) is 7.27. The molecular formula is C17H22N2O2. The van der Waals surface area contributed by atoms with Crippen molar-refractivity contribution in [3.8, 4) is 0 Å². The first kappa shape index (κ1) is 15.3. The van der Waals surface area contributed by atoms with Gasteiger partial charge in [-0.05, 0) is 26.3 Å². The molecule has 112 valence electrons. The van der Waals surface area contributed by atoms with E-state index in [2.05, 4.69) is 5.32 Å². The van der Waals surface area contributed by atoms with Crippen molar-refractivity contribution in [3.05, 3.63) is 47.5 Å². The predicted molar refractivity (Wildman–Crippen MR) is 82.7 cm³/mol. The number of nitrogens with zero attached hydrogens (tertiary/aromatic N) is 1. The molecule has 1 fully saturated rings. The Morgan fingerprint density at radius 1 is 1.24 bits per heavy atom. The summed E-state index contributed by atoms with van der Waals surface area (Å²) in [6.07, 6.45) is 2.51. The fourth-order valence-corrected chi connectivity index (χ4v) is 2.40. The van der Waals surface area contributed by atoms with Gasteiger partial charge in [0.15, 0.2) is 0 Å². The van der Waals surface area contributed by atoms with Crippen LogP contribution in [0.25, 0.3) is 0 Å². The van der Waals surface area contributed by atoms with E-state index in [-0.39, 0.29) is 11.8 Å². The van der Waals surface area contributed by atoms with Gasteiger partial charge in [0, 0.05) is 13.0 Å². The van der Waals surface area contributed by atoms with Crippen molar-refractivity contribution in [2.24, 2.45) is 0 Å². The van der Waals surface area contributed by atoms with Gasteiger partial charge >= 0.3 is 0 Å². The number of nitrogens with one attached hydrogen (secondary N) is 1. The molecule has 1 aliphatic heterocycles. The summed E-state index contributed by atoms with van der Waals surface area (Å²) in [5.41, 5.74) is 2.19. The van der Waals surface area contributed by atoms with Crippen molar-refractivity contribution in [2.45, 2.75) is 39.3 Å². The van der Waals surface area contributed by atoms with E-state index in [1.165, 1.54) is 0 Å². The third-order valence-electron chi connectivity index (χ3n) is 3.72. The molecule has 0 aliphatic carbocycles. The molecule has 1 saturated heterocycles. The number of carbonyl (C=O) groups is 2. The van der Waals surface area contributed by atoms with Gasteiger partial charge in [0.1, 0.15) is 12.1 Å². The Hall–Kier alpha value is -2.10. The molecule has 0 spiro atoms. The van der Waals surface area contributed by atoms with Gasteiger partial charge in [0.25, 0.3) is 0 Å². The molecule has 1 aliphatic rings. The number of carbonyl (C=O) groups excluding carboxylic acids is 2. The van der Waals surface area contributed by atoms with Crippen LogP contribution in [0.15, 0.2) is 42.0 Å². The van der Waals surface area contributed by atoms with Crippen molar-refractivity contribution in [2.75, 3.05) is 6.54 Å². The predicted octanol–water partition coefficient (Wildman–Crippen LogP) is 1.91. The smallest absolute Gasteiger partial charge is 0.246 e. The van der Waals surface area contributed by atoms with Crippen LogP contribution in [0.5, 0.6) is 0 Å². The topological polar surface area (TPSA) is 49.4 Å². The van der Waals surface area contributed by atoms with Gasteiger partial charge in [0.05, 0.1) is 0 Å². The first-order chi connectivity index (χ1) is 9.99. The molecule has 0 radical (unpaired) electrons. The van der Waals surface area contributed by atoms with Crippen molar-refractivity contribution in [1.29, 1.82) is 0 Å². The summed E-state index contributed by atoms with van der Waals surface area (Å²) in [6, 6.07) is 8.87. The van der Waals surface area contributed by atoms with Crippen molar-refractivity contribution in [3.63, 3.8) is 0 Å². The fraction of sp³-hybridized carbons (Fsp3) is 0.412. The van der Waals surface area contributed by atoms with Crippen LogP contribution in [0.1, 0.15) is 26.3 Å². The number of benzene rings is 1. The monoisotopic (exact) mass is 286 g/mol. The zero-order chi connectivity index (χ0) is 15.4. The summed E-state index contributed by atoms with van der Waals surface area (Å²) in [6.45, 7) is 6.23. The summed E-state index contributed by atoms with van der Waals surface area (Å²) in [5, 5.41) is 2.83. The SMILES string of the molecule is CC(C)=CCN1C(=O)C(Cc2ccccc2)NC(=O)C1C. The highest BCUT2D eigenvalue weighted by atomic mass is 16.2. The number of amides is 2. The third kappa shape index (κ3) is 3.72. The maximum atomic E-state index is 12.6. The van der Waals surface area contributed by atoms with Crippen molar-refractivity contribution >= 4 is 11.8 Å². The van der Waals surface area contributed by atoms with E-state index >= 15 is 0 Å². The summed E-state index contributed by atoms with van der Waals surface area (Å²) in [7, 11) is 0.